The number of amides is 4. The third-order valence-corrected chi connectivity index (χ3v) is 9.10. The van der Waals surface area contributed by atoms with E-state index in [-0.39, 0.29) is 36.7 Å². The Morgan fingerprint density at radius 2 is 0.978 bits per heavy atom. The minimum atomic E-state index is -0.295. The largest absolute Gasteiger partial charge is 0.497 e. The maximum atomic E-state index is 13.2. The molecule has 226 valence electrons. The fourth-order valence-corrected chi connectivity index (χ4v) is 6.84. The van der Waals surface area contributed by atoms with Gasteiger partial charge in [0.25, 0.3) is 23.6 Å². The summed E-state index contributed by atoms with van der Waals surface area (Å²) in [7, 11) is 1.61. The maximum absolute atomic E-state index is 13.2. The molecule has 2 N–H and O–H groups in total. The van der Waals surface area contributed by atoms with E-state index in [4.69, 9.17) is 4.74 Å². The summed E-state index contributed by atoms with van der Waals surface area (Å²) in [6.45, 7) is 0.405. The number of ether oxygens (including phenoxy) is 1. The summed E-state index contributed by atoms with van der Waals surface area (Å²) in [5, 5.41) is 1.93. The highest BCUT2D eigenvalue weighted by Crippen LogP contribution is 2.38. The Morgan fingerprint density at radius 1 is 0.543 bits per heavy atom. The molecule has 9 heteroatoms. The van der Waals surface area contributed by atoms with Crippen LogP contribution in [-0.2, 0) is 12.8 Å². The van der Waals surface area contributed by atoms with Crippen molar-refractivity contribution in [3.8, 4) is 17.1 Å². The van der Waals surface area contributed by atoms with Gasteiger partial charge in [0.15, 0.2) is 0 Å². The number of nitrogens with zero attached hydrogens (tertiary/aromatic N) is 2. The van der Waals surface area contributed by atoms with E-state index in [1.165, 1.54) is 9.80 Å². The van der Waals surface area contributed by atoms with E-state index in [2.05, 4.69) is 9.97 Å². The molecule has 0 radical (unpaired) electrons. The highest BCUT2D eigenvalue weighted by molar-refractivity contribution is 6.22. The van der Waals surface area contributed by atoms with Crippen LogP contribution < -0.4 is 4.74 Å². The van der Waals surface area contributed by atoms with E-state index in [9.17, 15) is 19.2 Å². The maximum Gasteiger partial charge on any atom is 0.261 e. The molecule has 0 fully saturated rings. The van der Waals surface area contributed by atoms with Crippen LogP contribution in [-0.4, -0.2) is 63.6 Å². The summed E-state index contributed by atoms with van der Waals surface area (Å²) in [4.78, 5) is 62.6. The molecule has 4 amide bonds. The van der Waals surface area contributed by atoms with Crippen LogP contribution in [0.3, 0.4) is 0 Å². The molecule has 2 aliphatic heterocycles. The Labute approximate surface area is 263 Å². The van der Waals surface area contributed by atoms with Gasteiger partial charge in [-0.1, -0.05) is 42.5 Å². The van der Waals surface area contributed by atoms with Gasteiger partial charge in [-0.05, 0) is 66.4 Å². The van der Waals surface area contributed by atoms with Gasteiger partial charge in [-0.2, -0.15) is 0 Å². The number of fused-ring (bicyclic) bond motifs is 4. The lowest BCUT2D eigenvalue weighted by molar-refractivity contribution is 0.0640. The molecule has 9 nitrogen and oxygen atoms in total. The number of aromatic nitrogens is 2. The Morgan fingerprint density at radius 3 is 1.48 bits per heavy atom. The number of H-pyrrole nitrogens is 2. The first-order valence-electron chi connectivity index (χ1n) is 15.1. The summed E-state index contributed by atoms with van der Waals surface area (Å²) >= 11 is 0. The second kappa shape index (κ2) is 10.6. The molecule has 4 aromatic carbocycles. The van der Waals surface area contributed by atoms with E-state index < -0.39 is 0 Å². The molecule has 0 saturated heterocycles. The SMILES string of the molecule is COc1ccc2c(CCN3C(=O)c4ccccc4C3=O)c(-c3[nH]c4ccccc4c3CCN3C(=O)c4ccccc4C3=O)[nH]c2c1. The molecule has 6 aromatic rings. The van der Waals surface area contributed by atoms with Crippen molar-refractivity contribution in [1.82, 2.24) is 19.8 Å². The number of rotatable bonds is 8. The Kier molecular flexibility index (Phi) is 6.35. The van der Waals surface area contributed by atoms with Gasteiger partial charge in [0, 0.05) is 41.0 Å². The standard InChI is InChI=1S/C37H28N4O5/c1-46-21-14-15-23-25(17-19-41-36(44)28-11-4-5-12-29(28)37(41)45)33(39-31(23)20-21)32-24(22-8-6-7-13-30(22)38-32)16-18-40-34(42)26-9-2-3-10-27(26)35(40)43/h2-15,20,38-39H,16-19H2,1H3. The van der Waals surface area contributed by atoms with Crippen molar-refractivity contribution in [2.24, 2.45) is 0 Å². The van der Waals surface area contributed by atoms with Gasteiger partial charge < -0.3 is 14.7 Å². The number of aromatic amines is 2. The van der Waals surface area contributed by atoms with Crippen molar-refractivity contribution in [2.45, 2.75) is 12.8 Å². The topological polar surface area (TPSA) is 116 Å². The van der Waals surface area contributed by atoms with Crippen molar-refractivity contribution in [3.63, 3.8) is 0 Å². The van der Waals surface area contributed by atoms with Gasteiger partial charge in [0.05, 0.1) is 40.8 Å². The lowest BCUT2D eigenvalue weighted by Gasteiger charge is -2.16. The molecule has 2 aliphatic rings. The van der Waals surface area contributed by atoms with Crippen molar-refractivity contribution in [2.75, 3.05) is 20.2 Å². The van der Waals surface area contributed by atoms with E-state index >= 15 is 0 Å². The quantitative estimate of drug-likeness (QED) is 0.206. The average Bonchev–Trinajstić information content (AvgIpc) is 3.78. The number of benzene rings is 4. The first kappa shape index (κ1) is 27.6. The van der Waals surface area contributed by atoms with Crippen LogP contribution in [0.15, 0.2) is 91.0 Å². The monoisotopic (exact) mass is 608 g/mol. The number of carbonyl (C=O) groups excluding carboxylic acids is 4. The zero-order chi connectivity index (χ0) is 31.5. The first-order valence-corrected chi connectivity index (χ1v) is 15.1. The smallest absolute Gasteiger partial charge is 0.261 e. The second-order valence-electron chi connectivity index (χ2n) is 11.5. The van der Waals surface area contributed by atoms with Crippen LogP contribution in [0.1, 0.15) is 52.6 Å². The number of hydrogen-bond donors (Lipinski definition) is 2. The van der Waals surface area contributed by atoms with Crippen LogP contribution in [0.25, 0.3) is 33.2 Å². The fourth-order valence-electron chi connectivity index (χ4n) is 6.84. The number of nitrogens with one attached hydrogen (secondary N) is 2. The summed E-state index contributed by atoms with van der Waals surface area (Å²) < 4.78 is 5.50. The summed E-state index contributed by atoms with van der Waals surface area (Å²) in [6, 6.07) is 27.5. The molecule has 46 heavy (non-hydrogen) atoms. The molecule has 4 heterocycles. The minimum Gasteiger partial charge on any atom is -0.497 e. The van der Waals surface area contributed by atoms with Gasteiger partial charge >= 0.3 is 0 Å². The van der Waals surface area contributed by atoms with E-state index in [1.807, 2.05) is 42.5 Å². The van der Waals surface area contributed by atoms with Crippen LogP contribution in [0.4, 0.5) is 0 Å². The lowest BCUT2D eigenvalue weighted by atomic mass is 10.0. The van der Waals surface area contributed by atoms with Crippen molar-refractivity contribution >= 4 is 45.4 Å². The predicted octanol–water partition coefficient (Wildman–Crippen LogP) is 6.00. The second-order valence-corrected chi connectivity index (χ2v) is 11.5. The predicted molar refractivity (Wildman–Crippen MR) is 173 cm³/mol. The number of hydrogen-bond acceptors (Lipinski definition) is 5. The molecule has 0 aliphatic carbocycles. The summed E-state index contributed by atoms with van der Waals surface area (Å²) in [6.07, 6.45) is 0.821. The van der Waals surface area contributed by atoms with Gasteiger partial charge in [0.2, 0.25) is 0 Å². The molecule has 0 saturated carbocycles. The fraction of sp³-hybridized carbons (Fsp3) is 0.135. The number of imide groups is 2. The van der Waals surface area contributed by atoms with Gasteiger partial charge in [-0.15, -0.1) is 0 Å². The Hall–Kier alpha value is -5.96. The highest BCUT2D eigenvalue weighted by Gasteiger charge is 2.36. The molecular weight excluding hydrogens is 580 g/mol. The van der Waals surface area contributed by atoms with E-state index in [0.717, 1.165) is 44.3 Å². The van der Waals surface area contributed by atoms with Crippen molar-refractivity contribution in [3.05, 3.63) is 124 Å². The minimum absolute atomic E-state index is 0.197. The van der Waals surface area contributed by atoms with Gasteiger partial charge in [0.1, 0.15) is 5.75 Å². The Balaban J connectivity index is 1.19. The molecule has 0 spiro atoms. The first-order chi connectivity index (χ1) is 22.4. The van der Waals surface area contributed by atoms with Crippen LogP contribution in [0, 0.1) is 0 Å². The van der Waals surface area contributed by atoms with E-state index in [0.29, 0.717) is 40.8 Å². The number of methoxy groups -OCH3 is 1. The summed E-state index contributed by atoms with van der Waals surface area (Å²) in [5.41, 5.74) is 6.96. The third kappa shape index (κ3) is 4.16. The van der Waals surface area contributed by atoms with Crippen molar-refractivity contribution in [1.29, 1.82) is 0 Å². The molecule has 8 rings (SSSR count). The van der Waals surface area contributed by atoms with Crippen LogP contribution in [0.5, 0.6) is 5.75 Å². The normalized spacial score (nSPS) is 14.2. The van der Waals surface area contributed by atoms with E-state index in [1.54, 1.807) is 55.6 Å². The molecular formula is C37H28N4O5. The molecule has 0 atom stereocenters. The number of para-hydroxylation sites is 1. The average molecular weight is 609 g/mol. The molecule has 0 unspecified atom stereocenters. The number of carbonyl (C=O) groups is 4. The third-order valence-electron chi connectivity index (χ3n) is 9.10. The Bertz CT molecular complexity index is 2190. The zero-order valence-electron chi connectivity index (χ0n) is 24.9. The molecule has 2 aromatic heterocycles. The zero-order valence-corrected chi connectivity index (χ0v) is 24.9. The van der Waals surface area contributed by atoms with Gasteiger partial charge in [-0.3, -0.25) is 29.0 Å². The summed E-state index contributed by atoms with van der Waals surface area (Å²) in [5.74, 6) is -0.482. The van der Waals surface area contributed by atoms with Gasteiger partial charge in [-0.25, -0.2) is 0 Å². The highest BCUT2D eigenvalue weighted by atomic mass is 16.5. The molecule has 0 bridgehead atoms. The van der Waals surface area contributed by atoms with Crippen molar-refractivity contribution < 1.29 is 23.9 Å². The van der Waals surface area contributed by atoms with Crippen LogP contribution in [0.2, 0.25) is 0 Å². The lowest BCUT2D eigenvalue weighted by Crippen LogP contribution is -2.32. The van der Waals surface area contributed by atoms with Crippen LogP contribution >= 0.6 is 0 Å².